The van der Waals surface area contributed by atoms with Crippen molar-refractivity contribution in [3.8, 4) is 0 Å². The highest BCUT2D eigenvalue weighted by Crippen LogP contribution is 2.37. The average molecular weight is 355 g/mol. The van der Waals surface area contributed by atoms with Crippen LogP contribution in [0, 0.1) is 0 Å². The largest absolute Gasteiger partial charge is 0.444 e. The maximum atomic E-state index is 12.5. The molecule has 0 unspecified atom stereocenters. The normalized spacial score (nSPS) is 22.4. The van der Waals surface area contributed by atoms with E-state index >= 15 is 0 Å². The zero-order chi connectivity index (χ0) is 15.6. The van der Waals surface area contributed by atoms with Crippen molar-refractivity contribution in [2.75, 3.05) is 6.54 Å². The molecule has 1 fully saturated rings. The Kier molecular flexibility index (Phi) is 4.94. The van der Waals surface area contributed by atoms with Crippen LogP contribution in [-0.2, 0) is 4.74 Å². The molecule has 4 nitrogen and oxygen atoms in total. The molecule has 1 aromatic rings. The molecule has 1 aromatic carbocycles. The van der Waals surface area contributed by atoms with E-state index in [9.17, 15) is 4.79 Å². The van der Waals surface area contributed by atoms with Gasteiger partial charge in [-0.3, -0.25) is 4.90 Å². The lowest BCUT2D eigenvalue weighted by Gasteiger charge is -2.32. The number of likely N-dealkylation sites (tertiary alicyclic amines) is 1. The minimum atomic E-state index is -0.497. The molecule has 5 heteroatoms. The van der Waals surface area contributed by atoms with Gasteiger partial charge >= 0.3 is 6.09 Å². The van der Waals surface area contributed by atoms with Crippen LogP contribution in [0.15, 0.2) is 28.7 Å². The number of halogens is 1. The minimum absolute atomic E-state index is 0.0431. The summed E-state index contributed by atoms with van der Waals surface area (Å²) < 4.78 is 6.58. The third kappa shape index (κ3) is 3.98. The van der Waals surface area contributed by atoms with Crippen molar-refractivity contribution in [1.29, 1.82) is 0 Å². The number of rotatable bonds is 2. The van der Waals surface area contributed by atoms with Crippen LogP contribution in [0.1, 0.15) is 45.2 Å². The Bertz CT molecular complexity index is 496. The molecule has 2 N–H and O–H groups in total. The summed E-state index contributed by atoms with van der Waals surface area (Å²) in [6, 6.07) is 8.18. The van der Waals surface area contributed by atoms with Crippen molar-refractivity contribution in [3.63, 3.8) is 0 Å². The van der Waals surface area contributed by atoms with Gasteiger partial charge in [-0.2, -0.15) is 0 Å². The van der Waals surface area contributed by atoms with E-state index in [0.717, 1.165) is 22.9 Å². The quantitative estimate of drug-likeness (QED) is 0.877. The molecule has 21 heavy (non-hydrogen) atoms. The lowest BCUT2D eigenvalue weighted by atomic mass is 10.1. The van der Waals surface area contributed by atoms with E-state index in [-0.39, 0.29) is 18.2 Å². The first-order valence-corrected chi connectivity index (χ1v) is 8.08. The summed E-state index contributed by atoms with van der Waals surface area (Å²) in [7, 11) is 0. The first kappa shape index (κ1) is 16.3. The fourth-order valence-corrected chi connectivity index (χ4v) is 2.98. The molecule has 0 aliphatic carbocycles. The van der Waals surface area contributed by atoms with Crippen molar-refractivity contribution >= 4 is 22.0 Å². The Balaban J connectivity index is 2.23. The van der Waals surface area contributed by atoms with Crippen LogP contribution in [-0.4, -0.2) is 29.2 Å². The number of amides is 1. The van der Waals surface area contributed by atoms with Gasteiger partial charge in [0.25, 0.3) is 0 Å². The molecule has 0 spiro atoms. The van der Waals surface area contributed by atoms with Gasteiger partial charge in [-0.25, -0.2) is 4.79 Å². The lowest BCUT2D eigenvalue weighted by Crippen LogP contribution is -2.44. The fraction of sp³-hybridized carbons (Fsp3) is 0.562. The van der Waals surface area contributed by atoms with E-state index in [2.05, 4.69) is 15.9 Å². The molecule has 116 valence electrons. The van der Waals surface area contributed by atoms with Gasteiger partial charge in [0.1, 0.15) is 5.60 Å². The molecule has 1 amide bonds. The summed E-state index contributed by atoms with van der Waals surface area (Å²) in [5.74, 6) is 0. The molecule has 1 aliphatic heterocycles. The lowest BCUT2D eigenvalue weighted by molar-refractivity contribution is 0.0150. The highest BCUT2D eigenvalue weighted by Gasteiger charge is 2.39. The second-order valence-corrected chi connectivity index (χ2v) is 7.34. The Morgan fingerprint density at radius 3 is 2.48 bits per heavy atom. The number of benzene rings is 1. The molecular weight excluding hydrogens is 332 g/mol. The summed E-state index contributed by atoms with van der Waals surface area (Å²) in [6.45, 7) is 6.11. The smallest absolute Gasteiger partial charge is 0.411 e. The van der Waals surface area contributed by atoms with E-state index in [4.69, 9.17) is 10.5 Å². The van der Waals surface area contributed by atoms with Crippen molar-refractivity contribution in [3.05, 3.63) is 34.3 Å². The van der Waals surface area contributed by atoms with Crippen LogP contribution in [0.5, 0.6) is 0 Å². The predicted molar refractivity (Wildman–Crippen MR) is 87.0 cm³/mol. The highest BCUT2D eigenvalue weighted by atomic mass is 79.9. The van der Waals surface area contributed by atoms with Gasteiger partial charge in [0.05, 0.1) is 6.04 Å². The van der Waals surface area contributed by atoms with Crippen LogP contribution in [0.25, 0.3) is 0 Å². The van der Waals surface area contributed by atoms with Gasteiger partial charge in [0.2, 0.25) is 0 Å². The topological polar surface area (TPSA) is 55.6 Å². The second-order valence-electron chi connectivity index (χ2n) is 6.42. The maximum Gasteiger partial charge on any atom is 0.411 e. The SMILES string of the molecule is CC(C)(C)OC(=O)N1[C@H](CN)CC[C@H]1c1ccc(Br)cc1. The van der Waals surface area contributed by atoms with Crippen LogP contribution >= 0.6 is 15.9 Å². The van der Waals surface area contributed by atoms with Crippen LogP contribution in [0.3, 0.4) is 0 Å². The van der Waals surface area contributed by atoms with Crippen LogP contribution in [0.4, 0.5) is 4.79 Å². The predicted octanol–water partition coefficient (Wildman–Crippen LogP) is 3.85. The van der Waals surface area contributed by atoms with Gasteiger partial charge < -0.3 is 10.5 Å². The fourth-order valence-electron chi connectivity index (χ4n) is 2.72. The van der Waals surface area contributed by atoms with E-state index in [0.29, 0.717) is 6.54 Å². The third-order valence-corrected chi connectivity index (χ3v) is 4.16. The van der Waals surface area contributed by atoms with Gasteiger partial charge in [-0.05, 0) is 51.3 Å². The number of carbonyl (C=O) groups excluding carboxylic acids is 1. The maximum absolute atomic E-state index is 12.5. The number of nitrogens with zero attached hydrogens (tertiary/aromatic N) is 1. The van der Waals surface area contributed by atoms with Crippen molar-refractivity contribution in [2.45, 2.75) is 51.3 Å². The molecular formula is C16H23BrN2O2. The second kappa shape index (κ2) is 6.36. The Morgan fingerprint density at radius 2 is 1.95 bits per heavy atom. The number of carbonyl (C=O) groups is 1. The number of nitrogens with two attached hydrogens (primary N) is 1. The summed E-state index contributed by atoms with van der Waals surface area (Å²) in [5.41, 5.74) is 6.46. The standard InChI is InChI=1S/C16H23BrN2O2/c1-16(2,3)21-15(20)19-13(10-18)8-9-14(19)11-4-6-12(17)7-5-11/h4-7,13-14H,8-10,18H2,1-3H3/t13-,14-/m0/s1. The minimum Gasteiger partial charge on any atom is -0.444 e. The summed E-state index contributed by atoms with van der Waals surface area (Å²) in [5, 5.41) is 0. The average Bonchev–Trinajstić information content (AvgIpc) is 2.81. The molecule has 0 bridgehead atoms. The molecule has 2 rings (SSSR count). The van der Waals surface area contributed by atoms with E-state index in [1.165, 1.54) is 0 Å². The first-order chi connectivity index (χ1) is 9.81. The third-order valence-electron chi connectivity index (χ3n) is 3.63. The highest BCUT2D eigenvalue weighted by molar-refractivity contribution is 9.10. The monoisotopic (exact) mass is 354 g/mol. The molecule has 1 heterocycles. The zero-order valence-corrected chi connectivity index (χ0v) is 14.4. The summed E-state index contributed by atoms with van der Waals surface area (Å²) >= 11 is 3.44. The summed E-state index contributed by atoms with van der Waals surface area (Å²) in [6.07, 6.45) is 1.56. The van der Waals surface area contributed by atoms with E-state index in [1.54, 1.807) is 0 Å². The Morgan fingerprint density at radius 1 is 1.33 bits per heavy atom. The molecule has 1 aliphatic rings. The molecule has 0 radical (unpaired) electrons. The van der Waals surface area contributed by atoms with Crippen LogP contribution in [0.2, 0.25) is 0 Å². The van der Waals surface area contributed by atoms with Crippen molar-refractivity contribution in [2.24, 2.45) is 5.73 Å². The van der Waals surface area contributed by atoms with E-state index in [1.807, 2.05) is 49.9 Å². The zero-order valence-electron chi connectivity index (χ0n) is 12.8. The molecule has 2 atom stereocenters. The van der Waals surface area contributed by atoms with E-state index < -0.39 is 5.60 Å². The van der Waals surface area contributed by atoms with Crippen molar-refractivity contribution < 1.29 is 9.53 Å². The number of hydrogen-bond acceptors (Lipinski definition) is 3. The van der Waals surface area contributed by atoms with Gasteiger partial charge in [-0.1, -0.05) is 28.1 Å². The molecule has 1 saturated heterocycles. The van der Waals surface area contributed by atoms with Crippen LogP contribution < -0.4 is 5.73 Å². The van der Waals surface area contributed by atoms with Crippen molar-refractivity contribution in [1.82, 2.24) is 4.90 Å². The van der Waals surface area contributed by atoms with Gasteiger partial charge in [0.15, 0.2) is 0 Å². The molecule has 0 saturated carbocycles. The first-order valence-electron chi connectivity index (χ1n) is 7.28. The van der Waals surface area contributed by atoms with Gasteiger partial charge in [0, 0.05) is 17.1 Å². The number of ether oxygens (including phenoxy) is 1. The summed E-state index contributed by atoms with van der Waals surface area (Å²) in [4.78, 5) is 14.3. The Labute approximate surface area is 134 Å². The Hall–Kier alpha value is -1.07. The van der Waals surface area contributed by atoms with Gasteiger partial charge in [-0.15, -0.1) is 0 Å². The molecule has 0 aromatic heterocycles. The number of hydrogen-bond donors (Lipinski definition) is 1.